The topological polar surface area (TPSA) is 50.4 Å². The Morgan fingerprint density at radius 3 is 2.56 bits per heavy atom. The van der Waals surface area contributed by atoms with E-state index in [1.807, 2.05) is 0 Å². The van der Waals surface area contributed by atoms with Crippen molar-refractivity contribution < 1.29 is 8.78 Å². The molecule has 1 aromatic carbocycles. The summed E-state index contributed by atoms with van der Waals surface area (Å²) in [6.07, 6.45) is 3.61. The molecule has 1 aliphatic rings. The lowest BCUT2D eigenvalue weighted by Gasteiger charge is -2.03. The molecule has 0 aliphatic heterocycles. The molecule has 0 radical (unpaired) electrons. The molecule has 0 amide bonds. The number of aliphatic imine (C=N–C) groups is 1. The van der Waals surface area contributed by atoms with Crippen LogP contribution in [0.5, 0.6) is 0 Å². The third kappa shape index (κ3) is 4.31. The number of nitrogens with one attached hydrogen (secondary N) is 1. The van der Waals surface area contributed by atoms with Crippen molar-refractivity contribution in [1.82, 2.24) is 5.32 Å². The van der Waals surface area contributed by atoms with Gasteiger partial charge in [0, 0.05) is 18.7 Å². The molecule has 18 heavy (non-hydrogen) atoms. The van der Waals surface area contributed by atoms with Gasteiger partial charge in [0.25, 0.3) is 0 Å². The fourth-order valence-electron chi connectivity index (χ4n) is 1.72. The lowest BCUT2D eigenvalue weighted by Crippen LogP contribution is -2.33. The third-order valence-electron chi connectivity index (χ3n) is 2.76. The second-order valence-corrected chi connectivity index (χ2v) is 4.57. The summed E-state index contributed by atoms with van der Waals surface area (Å²) in [5, 5.41) is 3.08. The van der Waals surface area contributed by atoms with Gasteiger partial charge in [0.1, 0.15) is 11.6 Å². The van der Waals surface area contributed by atoms with Crippen molar-refractivity contribution >= 4 is 5.96 Å². The molecule has 0 heterocycles. The Hall–Kier alpha value is -1.65. The number of nitrogens with two attached hydrogens (primary N) is 1. The summed E-state index contributed by atoms with van der Waals surface area (Å²) in [5.74, 6) is -0.616. The number of guanidine groups is 1. The van der Waals surface area contributed by atoms with E-state index in [4.69, 9.17) is 5.73 Å². The number of rotatable bonds is 5. The molecule has 0 unspecified atom stereocenters. The number of benzene rings is 1. The quantitative estimate of drug-likeness (QED) is 0.479. The fourth-order valence-corrected chi connectivity index (χ4v) is 1.72. The Kier molecular flexibility index (Phi) is 4.12. The van der Waals surface area contributed by atoms with Crippen LogP contribution in [0.1, 0.15) is 24.8 Å². The van der Waals surface area contributed by atoms with E-state index < -0.39 is 11.6 Å². The first-order valence-corrected chi connectivity index (χ1v) is 6.15. The smallest absolute Gasteiger partial charge is 0.188 e. The Bertz CT molecular complexity index is 422. The first-order chi connectivity index (χ1) is 8.63. The maximum atomic E-state index is 12.9. The summed E-state index contributed by atoms with van der Waals surface area (Å²) < 4.78 is 25.8. The molecule has 3 N–H and O–H groups in total. The standard InChI is InChI=1S/C13H17F2N3/c14-10-6-9(7-11(15)8-10)2-1-5-17-13(16)18-12-3-4-12/h6-8,12H,1-5H2,(H3,16,17,18). The zero-order valence-electron chi connectivity index (χ0n) is 10.1. The molecule has 1 aromatic rings. The second kappa shape index (κ2) is 5.80. The van der Waals surface area contributed by atoms with Gasteiger partial charge in [-0.15, -0.1) is 0 Å². The van der Waals surface area contributed by atoms with Crippen molar-refractivity contribution in [2.45, 2.75) is 31.7 Å². The molecule has 1 aliphatic carbocycles. The molecule has 0 aromatic heterocycles. The average Bonchev–Trinajstić information content (AvgIpc) is 3.07. The monoisotopic (exact) mass is 253 g/mol. The molecule has 0 spiro atoms. The van der Waals surface area contributed by atoms with Crippen molar-refractivity contribution in [2.75, 3.05) is 6.54 Å². The van der Waals surface area contributed by atoms with E-state index in [1.54, 1.807) is 0 Å². The third-order valence-corrected chi connectivity index (χ3v) is 2.76. The van der Waals surface area contributed by atoms with Crippen LogP contribution in [0.3, 0.4) is 0 Å². The minimum Gasteiger partial charge on any atom is -0.370 e. The maximum absolute atomic E-state index is 12.9. The van der Waals surface area contributed by atoms with Crippen molar-refractivity contribution in [3.8, 4) is 0 Å². The Labute approximate surface area is 105 Å². The lowest BCUT2D eigenvalue weighted by atomic mass is 10.1. The van der Waals surface area contributed by atoms with Crippen LogP contribution < -0.4 is 11.1 Å². The van der Waals surface area contributed by atoms with Crippen LogP contribution in [0.2, 0.25) is 0 Å². The number of nitrogens with zero attached hydrogens (tertiary/aromatic N) is 1. The van der Waals surface area contributed by atoms with Crippen molar-refractivity contribution in [3.63, 3.8) is 0 Å². The van der Waals surface area contributed by atoms with E-state index in [9.17, 15) is 8.78 Å². The molecule has 0 atom stereocenters. The second-order valence-electron chi connectivity index (χ2n) is 4.57. The molecule has 0 bridgehead atoms. The van der Waals surface area contributed by atoms with E-state index in [1.165, 1.54) is 12.1 Å². The SMILES string of the molecule is NC(=NCCCc1cc(F)cc(F)c1)NC1CC1. The molecule has 1 saturated carbocycles. The van der Waals surface area contributed by atoms with E-state index in [0.717, 1.165) is 25.3 Å². The summed E-state index contributed by atoms with van der Waals surface area (Å²) in [5.41, 5.74) is 6.31. The highest BCUT2D eigenvalue weighted by atomic mass is 19.1. The summed E-state index contributed by atoms with van der Waals surface area (Å²) in [4.78, 5) is 4.16. The number of hydrogen-bond acceptors (Lipinski definition) is 1. The largest absolute Gasteiger partial charge is 0.370 e. The van der Waals surface area contributed by atoms with Crippen LogP contribution >= 0.6 is 0 Å². The summed E-state index contributed by atoms with van der Waals surface area (Å²) in [6.45, 7) is 0.559. The molecular formula is C13H17F2N3. The van der Waals surface area contributed by atoms with Crippen LogP contribution in [0.4, 0.5) is 8.78 Å². The fraction of sp³-hybridized carbons (Fsp3) is 0.462. The van der Waals surface area contributed by atoms with Crippen LogP contribution in [-0.2, 0) is 6.42 Å². The van der Waals surface area contributed by atoms with Crippen LogP contribution in [0, 0.1) is 11.6 Å². The number of halogens is 2. The normalized spacial score (nSPS) is 15.8. The Morgan fingerprint density at radius 1 is 1.28 bits per heavy atom. The minimum absolute atomic E-state index is 0.461. The first kappa shape index (κ1) is 12.8. The van der Waals surface area contributed by atoms with Gasteiger partial charge in [-0.3, -0.25) is 4.99 Å². The van der Waals surface area contributed by atoms with Gasteiger partial charge in [-0.25, -0.2) is 8.78 Å². The predicted octanol–water partition coefficient (Wildman–Crippen LogP) is 1.96. The molecule has 5 heteroatoms. The van der Waals surface area contributed by atoms with Crippen LogP contribution in [0.15, 0.2) is 23.2 Å². The predicted molar refractivity (Wildman–Crippen MR) is 67.3 cm³/mol. The summed E-state index contributed by atoms with van der Waals surface area (Å²) in [6, 6.07) is 4.06. The molecular weight excluding hydrogens is 236 g/mol. The van der Waals surface area contributed by atoms with Crippen molar-refractivity contribution in [1.29, 1.82) is 0 Å². The van der Waals surface area contributed by atoms with Crippen LogP contribution in [-0.4, -0.2) is 18.5 Å². The summed E-state index contributed by atoms with van der Waals surface area (Å²) in [7, 11) is 0. The molecule has 2 rings (SSSR count). The molecule has 1 fully saturated rings. The van der Waals surface area contributed by atoms with Gasteiger partial charge in [0.2, 0.25) is 0 Å². The van der Waals surface area contributed by atoms with Crippen molar-refractivity contribution in [2.24, 2.45) is 10.7 Å². The van der Waals surface area contributed by atoms with Crippen LogP contribution in [0.25, 0.3) is 0 Å². The zero-order valence-corrected chi connectivity index (χ0v) is 10.1. The van der Waals surface area contributed by atoms with Gasteiger partial charge in [-0.1, -0.05) is 0 Å². The minimum atomic E-state index is -0.539. The van der Waals surface area contributed by atoms with E-state index in [-0.39, 0.29) is 0 Å². The van der Waals surface area contributed by atoms with Gasteiger partial charge in [0.15, 0.2) is 5.96 Å². The Balaban J connectivity index is 1.73. The molecule has 0 saturated heterocycles. The maximum Gasteiger partial charge on any atom is 0.188 e. The lowest BCUT2D eigenvalue weighted by molar-refractivity contribution is 0.578. The number of hydrogen-bond donors (Lipinski definition) is 2. The van der Waals surface area contributed by atoms with Gasteiger partial charge in [-0.2, -0.15) is 0 Å². The average molecular weight is 253 g/mol. The van der Waals surface area contributed by atoms with E-state index in [0.29, 0.717) is 30.5 Å². The molecule has 3 nitrogen and oxygen atoms in total. The highest BCUT2D eigenvalue weighted by molar-refractivity contribution is 5.78. The zero-order chi connectivity index (χ0) is 13.0. The van der Waals surface area contributed by atoms with Gasteiger partial charge >= 0.3 is 0 Å². The Morgan fingerprint density at radius 2 is 1.94 bits per heavy atom. The number of aryl methyl sites for hydroxylation is 1. The van der Waals surface area contributed by atoms with Gasteiger partial charge < -0.3 is 11.1 Å². The van der Waals surface area contributed by atoms with Gasteiger partial charge in [0.05, 0.1) is 0 Å². The van der Waals surface area contributed by atoms with E-state index in [2.05, 4.69) is 10.3 Å². The molecule has 98 valence electrons. The first-order valence-electron chi connectivity index (χ1n) is 6.15. The summed E-state index contributed by atoms with van der Waals surface area (Å²) >= 11 is 0. The van der Waals surface area contributed by atoms with Gasteiger partial charge in [-0.05, 0) is 43.4 Å². The van der Waals surface area contributed by atoms with Crippen molar-refractivity contribution in [3.05, 3.63) is 35.4 Å². The highest BCUT2D eigenvalue weighted by Crippen LogP contribution is 2.18. The van der Waals surface area contributed by atoms with E-state index >= 15 is 0 Å². The highest BCUT2D eigenvalue weighted by Gasteiger charge is 2.21.